The third-order valence-electron chi connectivity index (χ3n) is 3.47. The number of carbonyl (C=O) groups is 1. The van der Waals surface area contributed by atoms with E-state index in [9.17, 15) is 14.4 Å². The Labute approximate surface area is 142 Å². The van der Waals surface area contributed by atoms with Crippen molar-refractivity contribution in [3.05, 3.63) is 57.4 Å². The Bertz CT molecular complexity index is 763. The van der Waals surface area contributed by atoms with E-state index in [4.69, 9.17) is 31.5 Å². The molecule has 0 fully saturated rings. The lowest BCUT2D eigenvalue weighted by atomic mass is 9.82. The molecule has 1 aromatic rings. The van der Waals surface area contributed by atoms with Crippen LogP contribution in [0.1, 0.15) is 11.5 Å². The Hall–Kier alpha value is -2.56. The van der Waals surface area contributed by atoms with Gasteiger partial charge in [0.2, 0.25) is 5.88 Å². The summed E-state index contributed by atoms with van der Waals surface area (Å²) in [5, 5.41) is 9.47. The quantitative estimate of drug-likeness (QED) is 0.836. The maximum absolute atomic E-state index is 14.4. The second-order valence-electron chi connectivity index (χ2n) is 4.82. The molecule has 2 N–H and O–H groups in total. The van der Waals surface area contributed by atoms with Gasteiger partial charge in [0, 0.05) is 17.7 Å². The maximum atomic E-state index is 14.4. The van der Waals surface area contributed by atoms with Gasteiger partial charge in [-0.05, 0) is 12.1 Å². The first-order chi connectivity index (χ1) is 11.5. The number of carbonyl (C=O) groups excluding carboxylic acids is 1. The molecule has 126 valence electrons. The minimum absolute atomic E-state index is 0.0326. The predicted molar refractivity (Wildman–Crippen MR) is 83.0 cm³/mol. The predicted octanol–water partition coefficient (Wildman–Crippen LogP) is 2.36. The fraction of sp³-hybridized carbons (Fsp3) is 0.250. The van der Waals surface area contributed by atoms with Gasteiger partial charge in [0.25, 0.3) is 0 Å². The number of nitriles is 1. The van der Waals surface area contributed by atoms with Gasteiger partial charge in [0.1, 0.15) is 29.8 Å². The van der Waals surface area contributed by atoms with Crippen molar-refractivity contribution in [1.82, 2.24) is 0 Å². The lowest BCUT2D eigenvalue weighted by Gasteiger charge is -2.28. The second-order valence-corrected chi connectivity index (χ2v) is 5.23. The second kappa shape index (κ2) is 7.34. The highest BCUT2D eigenvalue weighted by Gasteiger charge is 2.39. The van der Waals surface area contributed by atoms with E-state index in [0.717, 1.165) is 7.11 Å². The third-order valence-corrected chi connectivity index (χ3v) is 3.80. The smallest absolute Gasteiger partial charge is 0.338 e. The summed E-state index contributed by atoms with van der Waals surface area (Å²) in [7, 11) is 2.55. The molecule has 1 aliphatic heterocycles. The summed E-state index contributed by atoms with van der Waals surface area (Å²) >= 11 is 6.11. The van der Waals surface area contributed by atoms with Crippen molar-refractivity contribution in [3.8, 4) is 6.07 Å². The van der Waals surface area contributed by atoms with Crippen LogP contribution in [0.2, 0.25) is 5.02 Å². The standard InChI is InChI=1S/C16H14ClFN2O4/c1-22-7-11-14(16(21)23-2)12(8(6-19)15(20)24-11)13-9(17)4-3-5-10(13)18/h3-5,12H,7,20H2,1-2H3/t12-/m0/s1. The molecule has 1 atom stereocenters. The summed E-state index contributed by atoms with van der Waals surface area (Å²) in [5.74, 6) is -2.86. The fourth-order valence-electron chi connectivity index (χ4n) is 2.47. The van der Waals surface area contributed by atoms with E-state index >= 15 is 0 Å². The average Bonchev–Trinajstić information content (AvgIpc) is 2.54. The lowest BCUT2D eigenvalue weighted by Crippen LogP contribution is -2.28. The van der Waals surface area contributed by atoms with Crippen LogP contribution in [0.15, 0.2) is 41.0 Å². The molecule has 0 bridgehead atoms. The average molecular weight is 353 g/mol. The Kier molecular flexibility index (Phi) is 5.44. The first-order valence-electron chi connectivity index (χ1n) is 6.78. The summed E-state index contributed by atoms with van der Waals surface area (Å²) in [5.41, 5.74) is 5.49. The minimum atomic E-state index is -1.16. The largest absolute Gasteiger partial charge is 0.466 e. The number of esters is 1. The van der Waals surface area contributed by atoms with E-state index in [2.05, 4.69) is 0 Å². The number of ether oxygens (including phenoxy) is 3. The Morgan fingerprint density at radius 1 is 1.50 bits per heavy atom. The molecule has 0 saturated heterocycles. The molecular formula is C16H14ClFN2O4. The first kappa shape index (κ1) is 17.8. The SMILES string of the molecule is COCC1=C(C(=O)OC)[C@H](c2c(F)cccc2Cl)C(C#N)=C(N)O1. The molecular weight excluding hydrogens is 339 g/mol. The van der Waals surface area contributed by atoms with Gasteiger partial charge in [0.05, 0.1) is 18.6 Å². The molecule has 6 nitrogen and oxygen atoms in total. The minimum Gasteiger partial charge on any atom is -0.466 e. The highest BCUT2D eigenvalue weighted by Crippen LogP contribution is 2.43. The number of halogens is 2. The number of nitrogens with zero attached hydrogens (tertiary/aromatic N) is 1. The van der Waals surface area contributed by atoms with E-state index in [1.165, 1.54) is 25.3 Å². The molecule has 0 unspecified atom stereocenters. The van der Waals surface area contributed by atoms with E-state index in [0.29, 0.717) is 0 Å². The first-order valence-corrected chi connectivity index (χ1v) is 7.15. The van der Waals surface area contributed by atoms with Crippen molar-refractivity contribution in [3.63, 3.8) is 0 Å². The molecule has 1 heterocycles. The normalized spacial score (nSPS) is 17.4. The number of hydrogen-bond acceptors (Lipinski definition) is 6. The molecule has 0 aliphatic carbocycles. The number of hydrogen-bond donors (Lipinski definition) is 1. The fourth-order valence-corrected chi connectivity index (χ4v) is 2.74. The van der Waals surface area contributed by atoms with Crippen molar-refractivity contribution >= 4 is 17.6 Å². The Balaban J connectivity index is 2.79. The number of methoxy groups -OCH3 is 2. The maximum Gasteiger partial charge on any atom is 0.338 e. The molecule has 24 heavy (non-hydrogen) atoms. The topological polar surface area (TPSA) is 94.6 Å². The highest BCUT2D eigenvalue weighted by molar-refractivity contribution is 6.31. The van der Waals surface area contributed by atoms with Crippen LogP contribution >= 0.6 is 11.6 Å². The number of allylic oxidation sites excluding steroid dienone is 1. The van der Waals surface area contributed by atoms with Gasteiger partial charge in [-0.3, -0.25) is 0 Å². The van der Waals surface area contributed by atoms with Gasteiger partial charge < -0.3 is 19.9 Å². The van der Waals surface area contributed by atoms with E-state index < -0.39 is 17.7 Å². The summed E-state index contributed by atoms with van der Waals surface area (Å²) in [4.78, 5) is 12.3. The summed E-state index contributed by atoms with van der Waals surface area (Å²) in [6.07, 6.45) is 0. The van der Waals surface area contributed by atoms with Gasteiger partial charge in [0.15, 0.2) is 0 Å². The molecule has 0 saturated carbocycles. The number of nitrogens with two attached hydrogens (primary N) is 1. The van der Waals surface area contributed by atoms with Crippen molar-refractivity contribution in [2.24, 2.45) is 5.73 Å². The van der Waals surface area contributed by atoms with Crippen molar-refractivity contribution in [1.29, 1.82) is 5.26 Å². The Morgan fingerprint density at radius 3 is 2.75 bits per heavy atom. The zero-order valence-corrected chi connectivity index (χ0v) is 13.7. The summed E-state index contributed by atoms with van der Waals surface area (Å²) in [6, 6.07) is 5.89. The molecule has 0 amide bonds. The molecule has 2 rings (SSSR count). The lowest BCUT2D eigenvalue weighted by molar-refractivity contribution is -0.136. The molecule has 1 aliphatic rings. The molecule has 0 radical (unpaired) electrons. The molecule has 8 heteroatoms. The number of rotatable bonds is 4. The van der Waals surface area contributed by atoms with Crippen LogP contribution in [0, 0.1) is 17.1 Å². The van der Waals surface area contributed by atoms with Gasteiger partial charge in [-0.25, -0.2) is 9.18 Å². The van der Waals surface area contributed by atoms with Crippen LogP contribution in [0.4, 0.5) is 4.39 Å². The van der Waals surface area contributed by atoms with Crippen LogP contribution in [0.3, 0.4) is 0 Å². The van der Waals surface area contributed by atoms with Crippen molar-refractivity contribution < 1.29 is 23.4 Å². The van der Waals surface area contributed by atoms with Gasteiger partial charge in [-0.15, -0.1) is 0 Å². The number of benzene rings is 1. The summed E-state index contributed by atoms with van der Waals surface area (Å²) < 4.78 is 29.5. The van der Waals surface area contributed by atoms with E-state index in [1.54, 1.807) is 0 Å². The highest BCUT2D eigenvalue weighted by atomic mass is 35.5. The van der Waals surface area contributed by atoms with Crippen molar-refractivity contribution in [2.45, 2.75) is 5.92 Å². The monoisotopic (exact) mass is 352 g/mol. The summed E-state index contributed by atoms with van der Waals surface area (Å²) in [6.45, 7) is -0.119. The van der Waals surface area contributed by atoms with Gasteiger partial charge >= 0.3 is 5.97 Å². The van der Waals surface area contributed by atoms with E-state index in [-0.39, 0.29) is 40.0 Å². The van der Waals surface area contributed by atoms with Gasteiger partial charge in [-0.2, -0.15) is 5.26 Å². The zero-order valence-electron chi connectivity index (χ0n) is 12.9. The van der Waals surface area contributed by atoms with Crippen LogP contribution in [0.25, 0.3) is 0 Å². The van der Waals surface area contributed by atoms with E-state index in [1.807, 2.05) is 6.07 Å². The van der Waals surface area contributed by atoms with Crippen molar-refractivity contribution in [2.75, 3.05) is 20.8 Å². The molecule has 0 spiro atoms. The Morgan fingerprint density at radius 2 is 2.21 bits per heavy atom. The zero-order chi connectivity index (χ0) is 17.9. The molecule has 1 aromatic carbocycles. The van der Waals surface area contributed by atoms with Crippen LogP contribution in [-0.4, -0.2) is 26.8 Å². The molecule has 0 aromatic heterocycles. The van der Waals surface area contributed by atoms with Gasteiger partial charge in [-0.1, -0.05) is 17.7 Å². The third kappa shape index (κ3) is 3.07. The van der Waals surface area contributed by atoms with Crippen LogP contribution in [0.5, 0.6) is 0 Å². The van der Waals surface area contributed by atoms with Crippen LogP contribution in [-0.2, 0) is 19.0 Å². The van der Waals surface area contributed by atoms with Crippen LogP contribution < -0.4 is 5.73 Å².